The molecule has 1 aliphatic rings. The standard InChI is InChI=1S/C26H24N4O2/c1-3-26(32)30-10-8-29(9-11-30)25-16-27-28-24-15-21(17(2)12-23(24)25)22-14-19(31)13-18-6-4-5-7-20(18)22/h3-7,12-16,31H,1,8-11H2,2H3. The van der Waals surface area contributed by atoms with Gasteiger partial charge in [0, 0.05) is 31.6 Å². The molecular weight excluding hydrogens is 400 g/mol. The summed E-state index contributed by atoms with van der Waals surface area (Å²) < 4.78 is 0. The highest BCUT2D eigenvalue weighted by Gasteiger charge is 2.22. The Morgan fingerprint density at radius 1 is 1.03 bits per heavy atom. The number of hydrogen-bond acceptors (Lipinski definition) is 5. The first-order valence-corrected chi connectivity index (χ1v) is 10.7. The van der Waals surface area contributed by atoms with Gasteiger partial charge >= 0.3 is 0 Å². The number of aromatic nitrogens is 2. The van der Waals surface area contributed by atoms with Crippen molar-refractivity contribution in [2.45, 2.75) is 6.92 Å². The largest absolute Gasteiger partial charge is 0.508 e. The first kappa shape index (κ1) is 20.0. The zero-order valence-corrected chi connectivity index (χ0v) is 18.0. The van der Waals surface area contributed by atoms with Crippen LogP contribution in [0.15, 0.2) is 67.4 Å². The highest BCUT2D eigenvalue weighted by molar-refractivity contribution is 6.02. The molecule has 0 unspecified atom stereocenters. The number of benzene rings is 3. The van der Waals surface area contributed by atoms with Crippen molar-refractivity contribution in [3.8, 4) is 16.9 Å². The van der Waals surface area contributed by atoms with E-state index in [0.717, 1.165) is 57.1 Å². The Kier molecular flexibility index (Phi) is 4.98. The maximum atomic E-state index is 11.9. The van der Waals surface area contributed by atoms with Crippen LogP contribution in [0.25, 0.3) is 32.8 Å². The lowest BCUT2D eigenvalue weighted by Gasteiger charge is -2.35. The number of phenols is 1. The van der Waals surface area contributed by atoms with Gasteiger partial charge in [0.15, 0.2) is 0 Å². The van der Waals surface area contributed by atoms with Crippen LogP contribution in [0.3, 0.4) is 0 Å². The smallest absolute Gasteiger partial charge is 0.246 e. The van der Waals surface area contributed by atoms with Crippen LogP contribution in [0.1, 0.15) is 5.56 Å². The lowest BCUT2D eigenvalue weighted by molar-refractivity contribution is -0.126. The van der Waals surface area contributed by atoms with Gasteiger partial charge in [0.2, 0.25) is 5.91 Å². The van der Waals surface area contributed by atoms with Crippen LogP contribution in [0.5, 0.6) is 5.75 Å². The minimum absolute atomic E-state index is 0.0267. The monoisotopic (exact) mass is 424 g/mol. The number of piperazine rings is 1. The van der Waals surface area contributed by atoms with Crippen LogP contribution in [-0.4, -0.2) is 52.3 Å². The van der Waals surface area contributed by atoms with Gasteiger partial charge in [-0.3, -0.25) is 4.79 Å². The number of fused-ring (bicyclic) bond motifs is 2. The number of hydrogen-bond donors (Lipinski definition) is 1. The molecule has 1 saturated heterocycles. The number of phenolic OH excluding ortho intramolecular Hbond substituents is 1. The van der Waals surface area contributed by atoms with E-state index in [2.05, 4.69) is 46.8 Å². The minimum Gasteiger partial charge on any atom is -0.508 e. The lowest BCUT2D eigenvalue weighted by Crippen LogP contribution is -2.48. The number of rotatable bonds is 3. The van der Waals surface area contributed by atoms with E-state index in [0.29, 0.717) is 13.1 Å². The second kappa shape index (κ2) is 7.96. The summed E-state index contributed by atoms with van der Waals surface area (Å²) in [6.45, 7) is 8.44. The van der Waals surface area contributed by atoms with Gasteiger partial charge in [-0.15, -0.1) is 0 Å². The van der Waals surface area contributed by atoms with E-state index in [1.807, 2.05) is 29.2 Å². The third kappa shape index (κ3) is 3.43. The quantitative estimate of drug-likeness (QED) is 0.497. The fraction of sp³-hybridized carbons (Fsp3) is 0.192. The van der Waals surface area contributed by atoms with Gasteiger partial charge < -0.3 is 14.9 Å². The highest BCUT2D eigenvalue weighted by atomic mass is 16.3. The molecule has 1 amide bonds. The summed E-state index contributed by atoms with van der Waals surface area (Å²) in [4.78, 5) is 16.0. The molecule has 4 aromatic rings. The van der Waals surface area contributed by atoms with Gasteiger partial charge in [-0.1, -0.05) is 30.8 Å². The molecule has 1 aromatic heterocycles. The molecule has 2 heterocycles. The van der Waals surface area contributed by atoms with Crippen LogP contribution in [0.2, 0.25) is 0 Å². The Morgan fingerprint density at radius 3 is 2.59 bits per heavy atom. The van der Waals surface area contributed by atoms with Gasteiger partial charge in [-0.05, 0) is 64.7 Å². The Bertz CT molecular complexity index is 1360. The Labute approximate surface area is 186 Å². The SMILES string of the molecule is C=CC(=O)N1CCN(c2cnnc3cc(-c4cc(O)cc5ccccc45)c(C)cc23)CC1. The maximum Gasteiger partial charge on any atom is 0.246 e. The Hall–Kier alpha value is -3.93. The van der Waals surface area contributed by atoms with E-state index >= 15 is 0 Å². The van der Waals surface area contributed by atoms with Crippen molar-refractivity contribution < 1.29 is 9.90 Å². The van der Waals surface area contributed by atoms with E-state index < -0.39 is 0 Å². The van der Waals surface area contributed by atoms with Crippen molar-refractivity contribution in [3.05, 3.63) is 72.9 Å². The van der Waals surface area contributed by atoms with Gasteiger partial charge in [0.1, 0.15) is 5.75 Å². The topological polar surface area (TPSA) is 69.6 Å². The summed E-state index contributed by atoms with van der Waals surface area (Å²) in [6, 6.07) is 15.8. The Balaban J connectivity index is 1.57. The van der Waals surface area contributed by atoms with Gasteiger partial charge in [-0.2, -0.15) is 10.2 Å². The summed E-state index contributed by atoms with van der Waals surface area (Å²) in [5, 5.41) is 22.1. The molecule has 1 aliphatic heterocycles. The zero-order valence-electron chi connectivity index (χ0n) is 18.0. The van der Waals surface area contributed by atoms with E-state index in [1.54, 1.807) is 12.3 Å². The summed E-state index contributed by atoms with van der Waals surface area (Å²) >= 11 is 0. The summed E-state index contributed by atoms with van der Waals surface area (Å²) in [5.74, 6) is 0.214. The molecule has 1 N–H and O–H groups in total. The number of nitrogens with zero attached hydrogens (tertiary/aromatic N) is 4. The molecule has 3 aromatic carbocycles. The summed E-state index contributed by atoms with van der Waals surface area (Å²) in [5.41, 5.74) is 4.93. The summed E-state index contributed by atoms with van der Waals surface area (Å²) in [6.07, 6.45) is 3.17. The van der Waals surface area contributed by atoms with Crippen LogP contribution in [-0.2, 0) is 4.79 Å². The molecule has 6 heteroatoms. The fourth-order valence-corrected chi connectivity index (χ4v) is 4.56. The van der Waals surface area contributed by atoms with Crippen molar-refractivity contribution in [1.82, 2.24) is 15.1 Å². The van der Waals surface area contributed by atoms with Crippen molar-refractivity contribution in [3.63, 3.8) is 0 Å². The van der Waals surface area contributed by atoms with E-state index in [4.69, 9.17) is 0 Å². The van der Waals surface area contributed by atoms with Crippen molar-refractivity contribution in [2.75, 3.05) is 31.1 Å². The predicted molar refractivity (Wildman–Crippen MR) is 128 cm³/mol. The van der Waals surface area contributed by atoms with E-state index in [9.17, 15) is 9.90 Å². The number of aryl methyl sites for hydroxylation is 1. The minimum atomic E-state index is -0.0267. The van der Waals surface area contributed by atoms with Crippen LogP contribution >= 0.6 is 0 Å². The number of carbonyl (C=O) groups excluding carboxylic acids is 1. The average molecular weight is 425 g/mol. The lowest BCUT2D eigenvalue weighted by atomic mass is 9.93. The van der Waals surface area contributed by atoms with Gasteiger partial charge in [-0.25, -0.2) is 0 Å². The van der Waals surface area contributed by atoms with Crippen molar-refractivity contribution in [2.24, 2.45) is 0 Å². The molecule has 0 aliphatic carbocycles. The van der Waals surface area contributed by atoms with E-state index in [1.165, 1.54) is 6.08 Å². The van der Waals surface area contributed by atoms with Crippen LogP contribution in [0, 0.1) is 6.92 Å². The molecule has 32 heavy (non-hydrogen) atoms. The molecule has 6 nitrogen and oxygen atoms in total. The highest BCUT2D eigenvalue weighted by Crippen LogP contribution is 2.37. The average Bonchev–Trinajstić information content (AvgIpc) is 2.82. The third-order valence-electron chi connectivity index (χ3n) is 6.21. The second-order valence-electron chi connectivity index (χ2n) is 8.15. The second-order valence-corrected chi connectivity index (χ2v) is 8.15. The zero-order chi connectivity index (χ0) is 22.2. The van der Waals surface area contributed by atoms with Crippen LogP contribution < -0.4 is 4.90 Å². The fourth-order valence-electron chi connectivity index (χ4n) is 4.56. The van der Waals surface area contributed by atoms with Gasteiger partial charge in [0.25, 0.3) is 0 Å². The number of amides is 1. The molecular formula is C26H24N4O2. The number of aromatic hydroxyl groups is 1. The normalized spacial score (nSPS) is 14.2. The number of carbonyl (C=O) groups is 1. The van der Waals surface area contributed by atoms with E-state index in [-0.39, 0.29) is 11.7 Å². The maximum absolute atomic E-state index is 11.9. The first-order valence-electron chi connectivity index (χ1n) is 10.7. The molecule has 0 saturated carbocycles. The number of anilines is 1. The first-order chi connectivity index (χ1) is 15.5. The third-order valence-corrected chi connectivity index (χ3v) is 6.21. The Morgan fingerprint density at radius 2 is 1.81 bits per heavy atom. The molecule has 0 atom stereocenters. The summed E-state index contributed by atoms with van der Waals surface area (Å²) in [7, 11) is 0. The molecule has 0 radical (unpaired) electrons. The molecule has 5 rings (SSSR count). The predicted octanol–water partition coefficient (Wildman–Crippen LogP) is 4.30. The van der Waals surface area contributed by atoms with Crippen LogP contribution in [0.4, 0.5) is 5.69 Å². The van der Waals surface area contributed by atoms with Crippen molar-refractivity contribution >= 4 is 33.3 Å². The van der Waals surface area contributed by atoms with Crippen molar-refractivity contribution in [1.29, 1.82) is 0 Å². The molecule has 1 fully saturated rings. The molecule has 0 bridgehead atoms. The molecule has 0 spiro atoms. The molecule has 160 valence electrons. The van der Waals surface area contributed by atoms with Gasteiger partial charge in [0.05, 0.1) is 17.4 Å².